The van der Waals surface area contributed by atoms with Crippen LogP contribution in [0.3, 0.4) is 0 Å². The lowest BCUT2D eigenvalue weighted by atomic mass is 10.1. The van der Waals surface area contributed by atoms with Gasteiger partial charge in [-0.05, 0) is 12.1 Å². The van der Waals surface area contributed by atoms with Gasteiger partial charge in [0.15, 0.2) is 0 Å². The summed E-state index contributed by atoms with van der Waals surface area (Å²) in [6, 6.07) is 8.14. The van der Waals surface area contributed by atoms with Crippen LogP contribution in [0.15, 0.2) is 30.5 Å². The number of anilines is 1. The molecule has 1 heterocycles. The van der Waals surface area contributed by atoms with Gasteiger partial charge < -0.3 is 5.32 Å². The number of nitrogens with zero attached hydrogens (tertiary/aromatic N) is 3. The molecule has 4 nitrogen and oxygen atoms in total. The van der Waals surface area contributed by atoms with E-state index in [0.29, 0.717) is 0 Å². The van der Waals surface area contributed by atoms with Crippen molar-refractivity contribution in [2.45, 2.75) is 0 Å². The summed E-state index contributed by atoms with van der Waals surface area (Å²) < 4.78 is 1.76. The highest BCUT2D eigenvalue weighted by molar-refractivity contribution is 5.64. The van der Waals surface area contributed by atoms with Crippen LogP contribution < -0.4 is 5.32 Å². The SMILES string of the molecule is CNc1cccc(-c2cnnn2C)c1. The van der Waals surface area contributed by atoms with E-state index in [1.807, 2.05) is 32.3 Å². The van der Waals surface area contributed by atoms with E-state index in [9.17, 15) is 0 Å². The molecule has 2 rings (SSSR count). The molecular formula is C10H12N4. The quantitative estimate of drug-likeness (QED) is 0.777. The highest BCUT2D eigenvalue weighted by atomic mass is 15.4. The van der Waals surface area contributed by atoms with E-state index >= 15 is 0 Å². The van der Waals surface area contributed by atoms with Crippen molar-refractivity contribution >= 4 is 5.69 Å². The summed E-state index contributed by atoms with van der Waals surface area (Å²) in [5.41, 5.74) is 3.22. The van der Waals surface area contributed by atoms with Gasteiger partial charge in [-0.1, -0.05) is 17.3 Å². The topological polar surface area (TPSA) is 42.7 Å². The van der Waals surface area contributed by atoms with E-state index in [2.05, 4.69) is 21.7 Å². The maximum absolute atomic E-state index is 3.89. The smallest absolute Gasteiger partial charge is 0.0882 e. The average molecular weight is 188 g/mol. The molecule has 1 aromatic heterocycles. The minimum atomic E-state index is 1.02. The number of aryl methyl sites for hydroxylation is 1. The van der Waals surface area contributed by atoms with Crippen LogP contribution in [-0.2, 0) is 7.05 Å². The Bertz CT molecular complexity index is 433. The Morgan fingerprint density at radius 1 is 1.36 bits per heavy atom. The Labute approximate surface area is 82.6 Å². The molecule has 0 saturated carbocycles. The van der Waals surface area contributed by atoms with E-state index in [4.69, 9.17) is 0 Å². The van der Waals surface area contributed by atoms with Crippen LogP contribution in [0.5, 0.6) is 0 Å². The van der Waals surface area contributed by atoms with E-state index in [0.717, 1.165) is 16.9 Å². The molecule has 72 valence electrons. The molecule has 0 aliphatic carbocycles. The number of benzene rings is 1. The minimum Gasteiger partial charge on any atom is -0.388 e. The lowest BCUT2D eigenvalue weighted by Crippen LogP contribution is -1.94. The van der Waals surface area contributed by atoms with Crippen molar-refractivity contribution < 1.29 is 0 Å². The standard InChI is InChI=1S/C10H12N4/c1-11-9-5-3-4-8(6-9)10-7-12-13-14(10)2/h3-7,11H,1-2H3. The van der Waals surface area contributed by atoms with E-state index in [1.165, 1.54) is 0 Å². The van der Waals surface area contributed by atoms with Crippen LogP contribution in [0.1, 0.15) is 0 Å². The van der Waals surface area contributed by atoms with Crippen LogP contribution in [-0.4, -0.2) is 22.0 Å². The van der Waals surface area contributed by atoms with E-state index in [1.54, 1.807) is 10.9 Å². The fraction of sp³-hybridized carbons (Fsp3) is 0.200. The van der Waals surface area contributed by atoms with Gasteiger partial charge in [-0.25, -0.2) is 4.68 Å². The Balaban J connectivity index is 2.47. The molecule has 0 bridgehead atoms. The summed E-state index contributed by atoms with van der Waals surface area (Å²) in [6.45, 7) is 0. The summed E-state index contributed by atoms with van der Waals surface area (Å²) in [5.74, 6) is 0. The lowest BCUT2D eigenvalue weighted by Gasteiger charge is -2.03. The third-order valence-corrected chi connectivity index (χ3v) is 2.16. The first-order chi connectivity index (χ1) is 6.81. The van der Waals surface area contributed by atoms with Gasteiger partial charge in [0.2, 0.25) is 0 Å². The molecule has 0 radical (unpaired) electrons. The Kier molecular flexibility index (Phi) is 2.18. The number of hydrogen-bond donors (Lipinski definition) is 1. The maximum Gasteiger partial charge on any atom is 0.0882 e. The van der Waals surface area contributed by atoms with Crippen LogP contribution in [0.4, 0.5) is 5.69 Å². The van der Waals surface area contributed by atoms with Crippen LogP contribution >= 0.6 is 0 Å². The van der Waals surface area contributed by atoms with Crippen molar-refractivity contribution in [1.82, 2.24) is 15.0 Å². The van der Waals surface area contributed by atoms with Crippen molar-refractivity contribution in [2.75, 3.05) is 12.4 Å². The Morgan fingerprint density at radius 3 is 2.86 bits per heavy atom. The number of nitrogens with one attached hydrogen (secondary N) is 1. The summed E-state index contributed by atoms with van der Waals surface area (Å²) in [6.07, 6.45) is 1.76. The zero-order chi connectivity index (χ0) is 9.97. The van der Waals surface area contributed by atoms with Crippen LogP contribution in [0.25, 0.3) is 11.3 Å². The minimum absolute atomic E-state index is 1.02. The molecular weight excluding hydrogens is 176 g/mol. The van der Waals surface area contributed by atoms with Crippen molar-refractivity contribution in [1.29, 1.82) is 0 Å². The number of rotatable bonds is 2. The first kappa shape index (κ1) is 8.74. The first-order valence-electron chi connectivity index (χ1n) is 4.44. The predicted molar refractivity (Wildman–Crippen MR) is 56.0 cm³/mol. The van der Waals surface area contributed by atoms with Gasteiger partial charge in [0.1, 0.15) is 0 Å². The fourth-order valence-electron chi connectivity index (χ4n) is 1.39. The van der Waals surface area contributed by atoms with Gasteiger partial charge >= 0.3 is 0 Å². The molecule has 0 amide bonds. The van der Waals surface area contributed by atoms with Gasteiger partial charge in [0, 0.05) is 25.3 Å². The second-order valence-corrected chi connectivity index (χ2v) is 3.07. The molecule has 0 fully saturated rings. The third-order valence-electron chi connectivity index (χ3n) is 2.16. The summed E-state index contributed by atoms with van der Waals surface area (Å²) in [4.78, 5) is 0. The molecule has 4 heteroatoms. The van der Waals surface area contributed by atoms with Gasteiger partial charge in [-0.3, -0.25) is 0 Å². The zero-order valence-electron chi connectivity index (χ0n) is 8.23. The van der Waals surface area contributed by atoms with E-state index < -0.39 is 0 Å². The molecule has 14 heavy (non-hydrogen) atoms. The molecule has 2 aromatic rings. The number of aromatic nitrogens is 3. The van der Waals surface area contributed by atoms with Gasteiger partial charge in [-0.2, -0.15) is 0 Å². The second-order valence-electron chi connectivity index (χ2n) is 3.07. The predicted octanol–water partition coefficient (Wildman–Crippen LogP) is 1.52. The lowest BCUT2D eigenvalue weighted by molar-refractivity contribution is 0.720. The highest BCUT2D eigenvalue weighted by Crippen LogP contribution is 2.20. The molecule has 0 atom stereocenters. The second kappa shape index (κ2) is 3.49. The molecule has 0 aliphatic rings. The fourth-order valence-corrected chi connectivity index (χ4v) is 1.39. The summed E-state index contributed by atoms with van der Waals surface area (Å²) >= 11 is 0. The normalized spacial score (nSPS) is 10.1. The largest absolute Gasteiger partial charge is 0.388 e. The highest BCUT2D eigenvalue weighted by Gasteiger charge is 2.03. The van der Waals surface area contributed by atoms with Crippen LogP contribution in [0.2, 0.25) is 0 Å². The summed E-state index contributed by atoms with van der Waals surface area (Å²) in [5, 5.41) is 10.8. The first-order valence-corrected chi connectivity index (χ1v) is 4.44. The van der Waals surface area contributed by atoms with Gasteiger partial charge in [-0.15, -0.1) is 5.10 Å². The molecule has 0 unspecified atom stereocenters. The molecule has 0 spiro atoms. The summed E-state index contributed by atoms with van der Waals surface area (Å²) in [7, 11) is 3.79. The monoisotopic (exact) mass is 188 g/mol. The van der Waals surface area contributed by atoms with Gasteiger partial charge in [0.25, 0.3) is 0 Å². The molecule has 1 N–H and O–H groups in total. The van der Waals surface area contributed by atoms with Crippen molar-refractivity contribution in [3.8, 4) is 11.3 Å². The molecule has 1 aromatic carbocycles. The Hall–Kier alpha value is -1.84. The van der Waals surface area contributed by atoms with E-state index in [-0.39, 0.29) is 0 Å². The van der Waals surface area contributed by atoms with Crippen molar-refractivity contribution in [3.05, 3.63) is 30.5 Å². The van der Waals surface area contributed by atoms with Crippen LogP contribution in [0, 0.1) is 0 Å². The third kappa shape index (κ3) is 1.46. The zero-order valence-corrected chi connectivity index (χ0v) is 8.23. The molecule has 0 aliphatic heterocycles. The van der Waals surface area contributed by atoms with Crippen molar-refractivity contribution in [3.63, 3.8) is 0 Å². The van der Waals surface area contributed by atoms with Gasteiger partial charge in [0.05, 0.1) is 11.9 Å². The van der Waals surface area contributed by atoms with Crippen molar-refractivity contribution in [2.24, 2.45) is 7.05 Å². The average Bonchev–Trinajstić information content (AvgIpc) is 2.65. The number of hydrogen-bond acceptors (Lipinski definition) is 3. The maximum atomic E-state index is 3.89. The Morgan fingerprint density at radius 2 is 2.21 bits per heavy atom. The molecule has 0 saturated heterocycles.